The van der Waals surface area contributed by atoms with Crippen LogP contribution in [0.1, 0.15) is 24.5 Å². The van der Waals surface area contributed by atoms with Gasteiger partial charge >= 0.3 is 0 Å². The van der Waals surface area contributed by atoms with Crippen molar-refractivity contribution < 1.29 is 9.53 Å². The van der Waals surface area contributed by atoms with Crippen LogP contribution in [0.25, 0.3) is 0 Å². The smallest absolute Gasteiger partial charge is 0.248 e. The number of hydrogen-bond acceptors (Lipinski definition) is 2. The molecule has 1 aromatic carbocycles. The Morgan fingerprint density at radius 2 is 2.12 bits per heavy atom. The number of carbonyl (C=O) groups excluding carboxylic acids is 1. The Labute approximate surface area is 102 Å². The molecule has 17 heavy (non-hydrogen) atoms. The summed E-state index contributed by atoms with van der Waals surface area (Å²) in [5.41, 5.74) is 2.65. The second-order valence-electron chi connectivity index (χ2n) is 4.32. The topological polar surface area (TPSA) is 29.5 Å². The molecular formula is C14H19NO2. The van der Waals surface area contributed by atoms with Crippen LogP contribution in [-0.2, 0) is 22.5 Å². The van der Waals surface area contributed by atoms with Crippen LogP contribution >= 0.6 is 0 Å². The summed E-state index contributed by atoms with van der Waals surface area (Å²) in [6.07, 6.45) is 2.10. The van der Waals surface area contributed by atoms with Crippen LogP contribution in [0.15, 0.2) is 24.3 Å². The number of nitrogens with zero attached hydrogens (tertiary/aromatic N) is 1. The van der Waals surface area contributed by atoms with Crippen LogP contribution in [0.5, 0.6) is 0 Å². The molecule has 0 radical (unpaired) electrons. The SMILES string of the molecule is CCOCC(=O)N1CCCc2ccccc2C1. The predicted molar refractivity (Wildman–Crippen MR) is 66.7 cm³/mol. The third-order valence-corrected chi connectivity index (χ3v) is 3.14. The van der Waals surface area contributed by atoms with Gasteiger partial charge in [-0.15, -0.1) is 0 Å². The molecule has 0 unspecified atom stereocenters. The maximum absolute atomic E-state index is 11.9. The third-order valence-electron chi connectivity index (χ3n) is 3.14. The van der Waals surface area contributed by atoms with Gasteiger partial charge in [0.25, 0.3) is 0 Å². The minimum absolute atomic E-state index is 0.101. The van der Waals surface area contributed by atoms with Crippen LogP contribution in [0.3, 0.4) is 0 Å². The summed E-state index contributed by atoms with van der Waals surface area (Å²) < 4.78 is 5.19. The summed E-state index contributed by atoms with van der Waals surface area (Å²) in [5, 5.41) is 0. The van der Waals surface area contributed by atoms with Crippen LogP contribution in [-0.4, -0.2) is 30.6 Å². The summed E-state index contributed by atoms with van der Waals surface area (Å²) in [7, 11) is 0. The van der Waals surface area contributed by atoms with Crippen molar-refractivity contribution in [2.45, 2.75) is 26.3 Å². The molecule has 0 aliphatic carbocycles. The lowest BCUT2D eigenvalue weighted by Gasteiger charge is -2.20. The van der Waals surface area contributed by atoms with E-state index < -0.39 is 0 Å². The zero-order valence-corrected chi connectivity index (χ0v) is 10.3. The summed E-state index contributed by atoms with van der Waals surface area (Å²) in [5.74, 6) is 0.101. The number of ether oxygens (including phenoxy) is 1. The molecule has 2 rings (SSSR count). The minimum Gasteiger partial charge on any atom is -0.372 e. The van der Waals surface area contributed by atoms with E-state index in [0.717, 1.165) is 25.9 Å². The van der Waals surface area contributed by atoms with Gasteiger partial charge in [0.2, 0.25) is 5.91 Å². The van der Waals surface area contributed by atoms with Crippen LogP contribution in [0.4, 0.5) is 0 Å². The average molecular weight is 233 g/mol. The standard InChI is InChI=1S/C14H19NO2/c1-2-17-11-14(16)15-9-5-8-12-6-3-4-7-13(12)10-15/h3-4,6-7H,2,5,8-11H2,1H3. The van der Waals surface area contributed by atoms with Crippen LogP contribution in [0, 0.1) is 0 Å². The fourth-order valence-electron chi connectivity index (χ4n) is 2.19. The van der Waals surface area contributed by atoms with Gasteiger partial charge in [0.15, 0.2) is 0 Å². The van der Waals surface area contributed by atoms with E-state index in [1.807, 2.05) is 17.9 Å². The Morgan fingerprint density at radius 3 is 2.88 bits per heavy atom. The Balaban J connectivity index is 2.05. The highest BCUT2D eigenvalue weighted by atomic mass is 16.5. The van der Waals surface area contributed by atoms with Crippen molar-refractivity contribution >= 4 is 5.91 Å². The molecule has 3 nitrogen and oxygen atoms in total. The number of amides is 1. The molecule has 1 amide bonds. The molecule has 1 aromatic rings. The molecule has 0 saturated carbocycles. The molecule has 1 aliphatic rings. The van der Waals surface area contributed by atoms with Gasteiger partial charge in [0.05, 0.1) is 0 Å². The number of carbonyl (C=O) groups is 1. The summed E-state index contributed by atoms with van der Waals surface area (Å²) in [6.45, 7) is 4.27. The fraction of sp³-hybridized carbons (Fsp3) is 0.500. The van der Waals surface area contributed by atoms with E-state index in [1.165, 1.54) is 11.1 Å². The van der Waals surface area contributed by atoms with E-state index in [1.54, 1.807) is 0 Å². The van der Waals surface area contributed by atoms with Gasteiger partial charge in [-0.05, 0) is 30.9 Å². The van der Waals surface area contributed by atoms with E-state index in [0.29, 0.717) is 6.61 Å². The highest BCUT2D eigenvalue weighted by Crippen LogP contribution is 2.18. The maximum Gasteiger partial charge on any atom is 0.248 e. The van der Waals surface area contributed by atoms with Gasteiger partial charge in [-0.25, -0.2) is 0 Å². The zero-order valence-electron chi connectivity index (χ0n) is 10.3. The Morgan fingerprint density at radius 1 is 1.35 bits per heavy atom. The van der Waals surface area contributed by atoms with E-state index in [4.69, 9.17) is 4.74 Å². The van der Waals surface area contributed by atoms with E-state index in [9.17, 15) is 4.79 Å². The monoisotopic (exact) mass is 233 g/mol. The third kappa shape index (κ3) is 3.07. The van der Waals surface area contributed by atoms with Crippen molar-refractivity contribution in [3.05, 3.63) is 35.4 Å². The van der Waals surface area contributed by atoms with Crippen molar-refractivity contribution in [2.75, 3.05) is 19.8 Å². The molecule has 1 heterocycles. The molecule has 0 bridgehead atoms. The van der Waals surface area contributed by atoms with Crippen molar-refractivity contribution in [2.24, 2.45) is 0 Å². The molecule has 0 spiro atoms. The molecule has 0 aromatic heterocycles. The lowest BCUT2D eigenvalue weighted by Crippen LogP contribution is -2.33. The first-order chi connectivity index (χ1) is 8.31. The molecule has 1 aliphatic heterocycles. The second-order valence-corrected chi connectivity index (χ2v) is 4.32. The van der Waals surface area contributed by atoms with Crippen LogP contribution < -0.4 is 0 Å². The van der Waals surface area contributed by atoms with E-state index >= 15 is 0 Å². The van der Waals surface area contributed by atoms with Gasteiger partial charge in [0, 0.05) is 19.7 Å². The zero-order chi connectivity index (χ0) is 12.1. The van der Waals surface area contributed by atoms with Gasteiger partial charge in [-0.1, -0.05) is 24.3 Å². The molecule has 0 atom stereocenters. The molecule has 0 fully saturated rings. The molecular weight excluding hydrogens is 214 g/mol. The van der Waals surface area contributed by atoms with Gasteiger partial charge < -0.3 is 9.64 Å². The number of rotatable bonds is 3. The average Bonchev–Trinajstić information content (AvgIpc) is 2.58. The first-order valence-electron chi connectivity index (χ1n) is 6.23. The van der Waals surface area contributed by atoms with Crippen molar-refractivity contribution in [1.82, 2.24) is 4.90 Å². The highest BCUT2D eigenvalue weighted by Gasteiger charge is 2.18. The van der Waals surface area contributed by atoms with Gasteiger partial charge in [-0.3, -0.25) is 4.79 Å². The van der Waals surface area contributed by atoms with Crippen molar-refractivity contribution in [3.63, 3.8) is 0 Å². The molecule has 0 N–H and O–H groups in total. The van der Waals surface area contributed by atoms with Crippen molar-refractivity contribution in [3.8, 4) is 0 Å². The summed E-state index contributed by atoms with van der Waals surface area (Å²) in [4.78, 5) is 13.8. The molecule has 3 heteroatoms. The Hall–Kier alpha value is -1.35. The summed E-state index contributed by atoms with van der Waals surface area (Å²) in [6, 6.07) is 8.37. The van der Waals surface area contributed by atoms with E-state index in [-0.39, 0.29) is 12.5 Å². The number of benzene rings is 1. The lowest BCUT2D eigenvalue weighted by molar-refractivity contribution is -0.136. The number of aryl methyl sites for hydroxylation is 1. The van der Waals surface area contributed by atoms with Crippen LogP contribution in [0.2, 0.25) is 0 Å². The Kier molecular flexibility index (Phi) is 4.15. The quantitative estimate of drug-likeness (QED) is 0.799. The number of hydrogen-bond donors (Lipinski definition) is 0. The minimum atomic E-state index is 0.101. The first kappa shape index (κ1) is 12.1. The largest absolute Gasteiger partial charge is 0.372 e. The summed E-state index contributed by atoms with van der Waals surface area (Å²) >= 11 is 0. The molecule has 0 saturated heterocycles. The second kappa shape index (κ2) is 5.82. The molecule has 92 valence electrons. The van der Waals surface area contributed by atoms with E-state index in [2.05, 4.69) is 18.2 Å². The highest BCUT2D eigenvalue weighted by molar-refractivity contribution is 5.77. The lowest BCUT2D eigenvalue weighted by atomic mass is 10.0. The predicted octanol–water partition coefficient (Wildman–Crippen LogP) is 2.00. The Bertz CT molecular complexity index is 390. The van der Waals surface area contributed by atoms with Crippen molar-refractivity contribution in [1.29, 1.82) is 0 Å². The first-order valence-corrected chi connectivity index (χ1v) is 6.23. The normalized spacial score (nSPS) is 15.2. The maximum atomic E-state index is 11.9. The van der Waals surface area contributed by atoms with Gasteiger partial charge in [-0.2, -0.15) is 0 Å². The fourth-order valence-corrected chi connectivity index (χ4v) is 2.19. The van der Waals surface area contributed by atoms with Gasteiger partial charge in [0.1, 0.15) is 6.61 Å². The number of fused-ring (bicyclic) bond motifs is 1.